The zero-order chi connectivity index (χ0) is 15.0. The average Bonchev–Trinajstić information content (AvgIpc) is 2.45. The summed E-state index contributed by atoms with van der Waals surface area (Å²) in [6.45, 7) is 6.26. The lowest BCUT2D eigenvalue weighted by Gasteiger charge is -2.20. The van der Waals surface area contributed by atoms with Crippen molar-refractivity contribution in [2.75, 3.05) is 11.5 Å². The number of carbonyl (C=O) groups excluding carboxylic acids is 2. The largest absolute Gasteiger partial charge is 0.352 e. The number of nitrogens with one attached hydrogen (secondary N) is 1. The van der Waals surface area contributed by atoms with Crippen LogP contribution in [0.15, 0.2) is 30.3 Å². The topological polar surface area (TPSA) is 46.2 Å². The minimum absolute atomic E-state index is 0.0106. The van der Waals surface area contributed by atoms with Crippen LogP contribution in [0.1, 0.15) is 37.6 Å². The minimum atomic E-state index is 0.0106. The van der Waals surface area contributed by atoms with Crippen LogP contribution in [0.2, 0.25) is 0 Å². The first-order valence-electron chi connectivity index (χ1n) is 7.00. The van der Waals surface area contributed by atoms with Gasteiger partial charge in [0.1, 0.15) is 0 Å². The normalized spacial score (nSPS) is 12.2. The molecule has 3 nitrogen and oxygen atoms in total. The summed E-state index contributed by atoms with van der Waals surface area (Å²) in [5.74, 6) is 1.19. The SMILES string of the molecule is CCC(NC(=O)CSCC(=O)c1ccccc1)C(C)C. The molecule has 4 heteroatoms. The Labute approximate surface area is 125 Å². The fourth-order valence-electron chi connectivity index (χ4n) is 1.93. The van der Waals surface area contributed by atoms with Gasteiger partial charge in [-0.25, -0.2) is 0 Å². The fraction of sp³-hybridized carbons (Fsp3) is 0.500. The quantitative estimate of drug-likeness (QED) is 0.749. The maximum Gasteiger partial charge on any atom is 0.230 e. The molecule has 0 bridgehead atoms. The number of rotatable bonds is 8. The summed E-state index contributed by atoms with van der Waals surface area (Å²) < 4.78 is 0. The van der Waals surface area contributed by atoms with Crippen LogP contribution in [0.4, 0.5) is 0 Å². The molecule has 0 aliphatic heterocycles. The van der Waals surface area contributed by atoms with E-state index in [1.54, 1.807) is 12.1 Å². The molecule has 110 valence electrons. The Morgan fingerprint density at radius 3 is 2.35 bits per heavy atom. The summed E-state index contributed by atoms with van der Waals surface area (Å²) >= 11 is 1.37. The number of ketones is 1. The molecule has 1 N–H and O–H groups in total. The molecule has 0 aliphatic rings. The zero-order valence-electron chi connectivity index (χ0n) is 12.4. The predicted molar refractivity (Wildman–Crippen MR) is 85.2 cm³/mol. The van der Waals surface area contributed by atoms with Crippen LogP contribution in [0.3, 0.4) is 0 Å². The first-order chi connectivity index (χ1) is 9.54. The molecular formula is C16H23NO2S. The zero-order valence-corrected chi connectivity index (χ0v) is 13.2. The van der Waals surface area contributed by atoms with Gasteiger partial charge in [0.15, 0.2) is 5.78 Å². The molecule has 1 amide bonds. The molecule has 1 aromatic carbocycles. The molecule has 0 aromatic heterocycles. The number of benzene rings is 1. The number of Topliss-reactive ketones (excluding diaryl/α,β-unsaturated/α-hetero) is 1. The fourth-order valence-corrected chi connectivity index (χ4v) is 2.66. The lowest BCUT2D eigenvalue weighted by atomic mass is 10.0. The van der Waals surface area contributed by atoms with Crippen LogP contribution in [0.5, 0.6) is 0 Å². The first kappa shape index (κ1) is 16.8. The molecule has 20 heavy (non-hydrogen) atoms. The third-order valence-electron chi connectivity index (χ3n) is 3.15. The predicted octanol–water partition coefficient (Wildman–Crippen LogP) is 3.15. The highest BCUT2D eigenvalue weighted by molar-refractivity contribution is 8.00. The summed E-state index contributed by atoms with van der Waals surface area (Å²) in [7, 11) is 0. The van der Waals surface area contributed by atoms with E-state index in [1.807, 2.05) is 18.2 Å². The summed E-state index contributed by atoms with van der Waals surface area (Å²) in [5.41, 5.74) is 0.703. The Morgan fingerprint density at radius 1 is 1.15 bits per heavy atom. The highest BCUT2D eigenvalue weighted by Crippen LogP contribution is 2.09. The second-order valence-electron chi connectivity index (χ2n) is 5.11. The van der Waals surface area contributed by atoms with E-state index in [0.29, 0.717) is 23.0 Å². The van der Waals surface area contributed by atoms with E-state index in [9.17, 15) is 9.59 Å². The van der Waals surface area contributed by atoms with Crippen molar-refractivity contribution in [3.63, 3.8) is 0 Å². The van der Waals surface area contributed by atoms with Gasteiger partial charge >= 0.3 is 0 Å². The van der Waals surface area contributed by atoms with Crippen molar-refractivity contribution in [3.05, 3.63) is 35.9 Å². The first-order valence-corrected chi connectivity index (χ1v) is 8.15. The van der Waals surface area contributed by atoms with Gasteiger partial charge in [0.25, 0.3) is 0 Å². The van der Waals surface area contributed by atoms with Crippen molar-refractivity contribution in [3.8, 4) is 0 Å². The Bertz CT molecular complexity index is 431. The van der Waals surface area contributed by atoms with E-state index in [2.05, 4.69) is 26.1 Å². The maximum absolute atomic E-state index is 11.9. The average molecular weight is 293 g/mol. The third-order valence-corrected chi connectivity index (χ3v) is 4.09. The number of thioether (sulfide) groups is 1. The van der Waals surface area contributed by atoms with E-state index in [4.69, 9.17) is 0 Å². The van der Waals surface area contributed by atoms with Crippen LogP contribution in [0.25, 0.3) is 0 Å². The number of amides is 1. The molecule has 0 heterocycles. The third kappa shape index (κ3) is 5.78. The van der Waals surface area contributed by atoms with Gasteiger partial charge in [0.2, 0.25) is 5.91 Å². The van der Waals surface area contributed by atoms with Crippen LogP contribution >= 0.6 is 11.8 Å². The van der Waals surface area contributed by atoms with Gasteiger partial charge in [-0.3, -0.25) is 9.59 Å². The molecule has 0 spiro atoms. The molecule has 0 aliphatic carbocycles. The van der Waals surface area contributed by atoms with Gasteiger partial charge in [0, 0.05) is 11.6 Å². The molecule has 1 rings (SSSR count). The monoisotopic (exact) mass is 293 g/mol. The van der Waals surface area contributed by atoms with Crippen LogP contribution < -0.4 is 5.32 Å². The molecule has 0 fully saturated rings. The van der Waals surface area contributed by atoms with Crippen molar-refractivity contribution in [1.29, 1.82) is 0 Å². The van der Waals surface area contributed by atoms with E-state index in [1.165, 1.54) is 11.8 Å². The number of hydrogen-bond acceptors (Lipinski definition) is 3. The van der Waals surface area contributed by atoms with E-state index >= 15 is 0 Å². The summed E-state index contributed by atoms with van der Waals surface area (Å²) in [4.78, 5) is 23.7. The van der Waals surface area contributed by atoms with Crippen LogP contribution in [-0.4, -0.2) is 29.2 Å². The van der Waals surface area contributed by atoms with Crippen molar-refractivity contribution < 1.29 is 9.59 Å². The van der Waals surface area contributed by atoms with Crippen molar-refractivity contribution in [1.82, 2.24) is 5.32 Å². The highest BCUT2D eigenvalue weighted by Gasteiger charge is 2.14. The van der Waals surface area contributed by atoms with Gasteiger partial charge in [-0.05, 0) is 12.3 Å². The van der Waals surface area contributed by atoms with Gasteiger partial charge in [0.05, 0.1) is 11.5 Å². The maximum atomic E-state index is 11.9. The van der Waals surface area contributed by atoms with Gasteiger partial charge < -0.3 is 5.32 Å². The summed E-state index contributed by atoms with van der Waals surface area (Å²) in [6, 6.07) is 9.39. The van der Waals surface area contributed by atoms with Gasteiger partial charge in [-0.15, -0.1) is 11.8 Å². The van der Waals surface area contributed by atoms with Gasteiger partial charge in [-0.1, -0.05) is 51.1 Å². The second-order valence-corrected chi connectivity index (χ2v) is 6.09. The summed E-state index contributed by atoms with van der Waals surface area (Å²) in [6.07, 6.45) is 0.928. The smallest absolute Gasteiger partial charge is 0.230 e. The number of carbonyl (C=O) groups is 2. The molecule has 0 radical (unpaired) electrons. The number of hydrogen-bond donors (Lipinski definition) is 1. The molecule has 1 unspecified atom stereocenters. The molecule has 1 aromatic rings. The molecular weight excluding hydrogens is 270 g/mol. The van der Waals surface area contributed by atoms with Gasteiger partial charge in [-0.2, -0.15) is 0 Å². The van der Waals surface area contributed by atoms with Crippen molar-refractivity contribution >= 4 is 23.5 Å². The molecule has 1 atom stereocenters. The standard InChI is InChI=1S/C16H23NO2S/c1-4-14(12(2)3)17-16(19)11-20-10-15(18)13-8-6-5-7-9-13/h5-9,12,14H,4,10-11H2,1-3H3,(H,17,19). The van der Waals surface area contributed by atoms with Crippen molar-refractivity contribution in [2.45, 2.75) is 33.2 Å². The minimum Gasteiger partial charge on any atom is -0.352 e. The van der Waals surface area contributed by atoms with Crippen LogP contribution in [-0.2, 0) is 4.79 Å². The Hall–Kier alpha value is -1.29. The Balaban J connectivity index is 2.30. The van der Waals surface area contributed by atoms with E-state index in [-0.39, 0.29) is 17.7 Å². The van der Waals surface area contributed by atoms with Crippen LogP contribution in [0, 0.1) is 5.92 Å². The Morgan fingerprint density at radius 2 is 1.80 bits per heavy atom. The highest BCUT2D eigenvalue weighted by atomic mass is 32.2. The second kappa shape index (κ2) is 8.80. The summed E-state index contributed by atoms with van der Waals surface area (Å²) in [5, 5.41) is 3.01. The lowest BCUT2D eigenvalue weighted by Crippen LogP contribution is -2.39. The molecule has 0 saturated carbocycles. The molecule has 0 saturated heterocycles. The van der Waals surface area contributed by atoms with E-state index < -0.39 is 0 Å². The Kier molecular flexibility index (Phi) is 7.37. The lowest BCUT2D eigenvalue weighted by molar-refractivity contribution is -0.119. The van der Waals surface area contributed by atoms with E-state index in [0.717, 1.165) is 6.42 Å². The van der Waals surface area contributed by atoms with Crippen molar-refractivity contribution in [2.24, 2.45) is 5.92 Å².